The van der Waals surface area contributed by atoms with Crippen molar-refractivity contribution in [3.8, 4) is 0 Å². The molecule has 0 bridgehead atoms. The van der Waals surface area contributed by atoms with Gasteiger partial charge in [0.15, 0.2) is 0 Å². The zero-order valence-corrected chi connectivity index (χ0v) is 8.86. The third-order valence-corrected chi connectivity index (χ3v) is 0.450. The number of nitrogens with two attached hydrogens (primary N) is 1. The van der Waals surface area contributed by atoms with E-state index >= 15 is 0 Å². The van der Waals surface area contributed by atoms with Gasteiger partial charge in [-0.15, -0.1) is 0 Å². The van der Waals surface area contributed by atoms with Gasteiger partial charge in [0.25, 0.3) is 0 Å². The minimum Gasteiger partial charge on any atom is -0.750 e. The summed E-state index contributed by atoms with van der Waals surface area (Å²) in [6.07, 6.45) is 2.16. The average Bonchev–Trinajstić information content (AvgIpc) is 2.03. The van der Waals surface area contributed by atoms with E-state index in [1.54, 1.807) is 0 Å². The predicted molar refractivity (Wildman–Crippen MR) is 52.9 cm³/mol. The Kier molecular flexibility index (Phi) is 19.1. The van der Waals surface area contributed by atoms with Crippen molar-refractivity contribution in [1.82, 2.24) is 0 Å². The van der Waals surface area contributed by atoms with Crippen LogP contribution in [0.1, 0.15) is 6.92 Å². The van der Waals surface area contributed by atoms with Crippen molar-refractivity contribution < 1.29 is 27.6 Å². The first kappa shape index (κ1) is 19.1. The first-order valence-electron chi connectivity index (χ1n) is 3.26. The Labute approximate surface area is 89.7 Å². The van der Waals surface area contributed by atoms with E-state index in [0.29, 0.717) is 0 Å². The fourth-order valence-corrected chi connectivity index (χ4v) is 0.117. The number of primary amides is 1. The summed E-state index contributed by atoms with van der Waals surface area (Å²) >= 11 is -2.86. The quantitative estimate of drug-likeness (QED) is 0.293. The molecule has 1 unspecified atom stereocenters. The van der Waals surface area contributed by atoms with Crippen LogP contribution in [0.4, 0.5) is 0 Å². The second-order valence-corrected chi connectivity index (χ2v) is 2.03. The third-order valence-electron chi connectivity index (χ3n) is 0.450. The molecule has 1 atom stereocenters. The number of amides is 1. The predicted octanol–water partition coefficient (Wildman–Crippen LogP) is -0.311. The lowest BCUT2D eigenvalue weighted by Gasteiger charge is -1.83. The van der Waals surface area contributed by atoms with Gasteiger partial charge >= 0.3 is 5.97 Å². The lowest BCUT2D eigenvalue weighted by molar-refractivity contribution is -0.135. The number of hydrogen-bond acceptors (Lipinski definition) is 5. The van der Waals surface area contributed by atoms with Crippen LogP contribution in [0, 0.1) is 0 Å². The summed E-state index contributed by atoms with van der Waals surface area (Å²) in [7, 11) is 0. The van der Waals surface area contributed by atoms with Crippen molar-refractivity contribution in [2.45, 2.75) is 6.92 Å². The van der Waals surface area contributed by atoms with Crippen LogP contribution in [-0.4, -0.2) is 25.2 Å². The van der Waals surface area contributed by atoms with Crippen molar-refractivity contribution in [3.63, 3.8) is 0 Å². The average molecular weight is 238 g/mol. The zero-order valence-electron chi connectivity index (χ0n) is 8.04. The lowest BCUT2D eigenvalue weighted by atomic mass is 10.6. The summed E-state index contributed by atoms with van der Waals surface area (Å²) in [5.41, 5.74) is 4.53. The van der Waals surface area contributed by atoms with Gasteiger partial charge < -0.3 is 19.6 Å². The van der Waals surface area contributed by atoms with Crippen LogP contribution in [0.5, 0.6) is 0 Å². The van der Waals surface area contributed by atoms with Gasteiger partial charge in [-0.3, -0.25) is 9.59 Å². The summed E-state index contributed by atoms with van der Waals surface area (Å²) in [4.78, 5) is 19.2. The summed E-state index contributed by atoms with van der Waals surface area (Å²) in [6.45, 7) is 7.56. The fourth-order valence-electron chi connectivity index (χ4n) is 0.117. The number of carbonyl (C=O) groups excluding carboxylic acids is 2. The van der Waals surface area contributed by atoms with E-state index in [-0.39, 0.29) is 5.97 Å². The van der Waals surface area contributed by atoms with E-state index in [1.807, 2.05) is 0 Å². The Balaban J connectivity index is -0.000000147. The number of rotatable bonds is 2. The van der Waals surface area contributed by atoms with Crippen LogP contribution in [0.2, 0.25) is 0 Å². The zero-order chi connectivity index (χ0) is 12.9. The largest absolute Gasteiger partial charge is 0.750 e. The smallest absolute Gasteiger partial charge is 0.307 e. The minimum atomic E-state index is -2.86. The van der Waals surface area contributed by atoms with Crippen LogP contribution >= 0.6 is 0 Å². The molecule has 0 saturated heterocycles. The molecule has 0 aliphatic heterocycles. The van der Waals surface area contributed by atoms with E-state index in [9.17, 15) is 9.59 Å². The highest BCUT2D eigenvalue weighted by Gasteiger charge is 1.79. The molecule has 0 aliphatic carbocycles. The van der Waals surface area contributed by atoms with E-state index in [0.717, 1.165) is 12.3 Å². The molecule has 15 heavy (non-hydrogen) atoms. The van der Waals surface area contributed by atoms with E-state index in [1.165, 1.54) is 6.92 Å². The molecule has 3 N–H and O–H groups in total. The van der Waals surface area contributed by atoms with Gasteiger partial charge in [-0.05, 0) is 6.08 Å². The van der Waals surface area contributed by atoms with Gasteiger partial charge in [0.1, 0.15) is 0 Å². The normalized spacial score (nSPS) is 9.00. The molecular weight excluding hydrogens is 226 g/mol. The van der Waals surface area contributed by atoms with Crippen molar-refractivity contribution in [3.05, 3.63) is 25.5 Å². The summed E-state index contributed by atoms with van der Waals surface area (Å²) in [5, 5.41) is 0. The molecule has 0 aromatic rings. The van der Waals surface area contributed by atoms with Crippen molar-refractivity contribution >= 4 is 23.2 Å². The van der Waals surface area contributed by atoms with Crippen molar-refractivity contribution in [2.24, 2.45) is 5.73 Å². The highest BCUT2D eigenvalue weighted by atomic mass is 32.2. The third kappa shape index (κ3) is 113. The molecule has 7 nitrogen and oxygen atoms in total. The monoisotopic (exact) mass is 238 g/mol. The molecule has 0 aromatic heterocycles. The highest BCUT2D eigenvalue weighted by molar-refractivity contribution is 7.73. The van der Waals surface area contributed by atoms with Crippen LogP contribution < -0.4 is 5.73 Å². The Morgan fingerprint density at radius 3 is 1.80 bits per heavy atom. The van der Waals surface area contributed by atoms with Gasteiger partial charge in [0.05, 0.1) is 17.6 Å². The summed E-state index contributed by atoms with van der Waals surface area (Å²) < 4.78 is 28.2. The van der Waals surface area contributed by atoms with Gasteiger partial charge in [0, 0.05) is 6.92 Å². The molecule has 0 aromatic carbocycles. The fraction of sp³-hybridized carbons (Fsp3) is 0.143. The van der Waals surface area contributed by atoms with Crippen LogP contribution in [-0.2, 0) is 25.7 Å². The van der Waals surface area contributed by atoms with Gasteiger partial charge in [-0.2, -0.15) is 0 Å². The molecule has 0 heterocycles. The second kappa shape index (κ2) is 15.0. The Hall–Kier alpha value is -1.51. The number of hydrogen-bond donors (Lipinski definition) is 2. The molecule has 0 aliphatic rings. The highest BCUT2D eigenvalue weighted by Crippen LogP contribution is 1.70. The molecule has 8 heteroatoms. The number of ether oxygens (including phenoxy) is 1. The molecule has 0 fully saturated rings. The minimum absolute atomic E-state index is 0.329. The SMILES string of the molecule is C=CC(N)=O.C=COC(C)=O.O=S([O-])O. The molecular formula is C7H12NO6S-. The van der Waals surface area contributed by atoms with Gasteiger partial charge in [0.2, 0.25) is 5.91 Å². The van der Waals surface area contributed by atoms with E-state index in [2.05, 4.69) is 23.6 Å². The topological polar surface area (TPSA) is 130 Å². The lowest BCUT2D eigenvalue weighted by Crippen LogP contribution is -2.04. The summed E-state index contributed by atoms with van der Waals surface area (Å²) in [6, 6.07) is 0. The van der Waals surface area contributed by atoms with Crippen molar-refractivity contribution in [2.75, 3.05) is 0 Å². The molecule has 1 amide bonds. The molecule has 0 rings (SSSR count). The maximum absolute atomic E-state index is 9.75. The molecule has 0 saturated carbocycles. The number of esters is 1. The molecule has 0 radical (unpaired) electrons. The van der Waals surface area contributed by atoms with E-state index in [4.69, 9.17) is 13.3 Å². The Morgan fingerprint density at radius 2 is 1.80 bits per heavy atom. The maximum atomic E-state index is 9.75. The standard InChI is InChI=1S/C4H6O2.C3H5NO.H2O3S/c1-3-6-4(2)5;1-2-3(4)5;1-4(2)3/h3H,1H2,2H3;2H,1H2,(H2,4,5);(H2,1,2,3)/p-1. The first-order valence-corrected chi connectivity index (χ1v) is 4.29. The van der Waals surface area contributed by atoms with Gasteiger partial charge in [-0.25, -0.2) is 4.21 Å². The summed E-state index contributed by atoms with van der Waals surface area (Å²) in [5.74, 6) is -0.810. The Bertz CT molecular complexity index is 236. The maximum Gasteiger partial charge on any atom is 0.307 e. The van der Waals surface area contributed by atoms with Crippen LogP contribution in [0.25, 0.3) is 0 Å². The molecule has 0 spiro atoms. The first-order chi connectivity index (χ1) is 6.77. The molecule has 88 valence electrons. The van der Waals surface area contributed by atoms with Crippen LogP contribution in [0.3, 0.4) is 0 Å². The number of carbonyl (C=O) groups is 2. The van der Waals surface area contributed by atoms with Gasteiger partial charge in [-0.1, -0.05) is 13.2 Å². The second-order valence-electron chi connectivity index (χ2n) is 1.60. The Morgan fingerprint density at radius 1 is 1.53 bits per heavy atom. The van der Waals surface area contributed by atoms with E-state index < -0.39 is 17.3 Å². The van der Waals surface area contributed by atoms with Crippen LogP contribution in [0.15, 0.2) is 25.5 Å². The van der Waals surface area contributed by atoms with Crippen molar-refractivity contribution in [1.29, 1.82) is 0 Å².